The average molecular weight is 653 g/mol. The van der Waals surface area contributed by atoms with Gasteiger partial charge < -0.3 is 9.64 Å². The molecule has 1 fully saturated rings. The molecular weight excluding hydrogens is 615 g/mol. The third kappa shape index (κ3) is 8.85. The van der Waals surface area contributed by atoms with Gasteiger partial charge in [-0.15, -0.1) is 13.2 Å². The molecule has 0 radical (unpaired) electrons. The Kier molecular flexibility index (Phi) is 10.8. The summed E-state index contributed by atoms with van der Waals surface area (Å²) >= 11 is 0. The normalized spacial score (nSPS) is 14.1. The van der Waals surface area contributed by atoms with Crippen LogP contribution in [0.2, 0.25) is 0 Å². The SMILES string of the molecule is CC(C)c1cccnc1N(C(=O)N1CCN(CCCC(c2ccc(F)cc2)c2ccc(F)cc2)CC1)c1ccc(OC(F)(F)F)cc1. The molecule has 2 heterocycles. The van der Waals surface area contributed by atoms with Crippen molar-refractivity contribution in [3.8, 4) is 5.75 Å². The van der Waals surface area contributed by atoms with Gasteiger partial charge in [-0.1, -0.05) is 44.2 Å². The molecule has 0 spiro atoms. The summed E-state index contributed by atoms with van der Waals surface area (Å²) in [4.78, 5) is 24.1. The average Bonchev–Trinajstić information content (AvgIpc) is 3.05. The van der Waals surface area contributed by atoms with Gasteiger partial charge >= 0.3 is 12.4 Å². The van der Waals surface area contributed by atoms with E-state index in [4.69, 9.17) is 0 Å². The lowest BCUT2D eigenvalue weighted by Gasteiger charge is -2.38. The summed E-state index contributed by atoms with van der Waals surface area (Å²) in [5.41, 5.74) is 3.12. The number of aromatic nitrogens is 1. The van der Waals surface area contributed by atoms with Gasteiger partial charge in [0.2, 0.25) is 0 Å². The predicted molar refractivity (Wildman–Crippen MR) is 171 cm³/mol. The van der Waals surface area contributed by atoms with Crippen molar-refractivity contribution in [1.82, 2.24) is 14.8 Å². The molecule has 1 aliphatic heterocycles. The summed E-state index contributed by atoms with van der Waals surface area (Å²) in [7, 11) is 0. The molecular formula is C36H37F5N4O2. The Morgan fingerprint density at radius 1 is 0.851 bits per heavy atom. The van der Waals surface area contributed by atoms with E-state index in [-0.39, 0.29) is 35.3 Å². The maximum atomic E-state index is 14.1. The quantitative estimate of drug-likeness (QED) is 0.161. The molecule has 0 bridgehead atoms. The van der Waals surface area contributed by atoms with Crippen molar-refractivity contribution in [3.63, 3.8) is 0 Å². The summed E-state index contributed by atoms with van der Waals surface area (Å²) in [6.07, 6.45) is -1.63. The fourth-order valence-electron chi connectivity index (χ4n) is 5.91. The summed E-state index contributed by atoms with van der Waals surface area (Å²) in [6.45, 7) is 6.92. The molecule has 2 amide bonds. The summed E-state index contributed by atoms with van der Waals surface area (Å²) in [5, 5.41) is 0. The maximum Gasteiger partial charge on any atom is 0.573 e. The number of hydrogen-bond acceptors (Lipinski definition) is 4. The minimum Gasteiger partial charge on any atom is -0.406 e. The van der Waals surface area contributed by atoms with Crippen LogP contribution in [0, 0.1) is 11.6 Å². The predicted octanol–water partition coefficient (Wildman–Crippen LogP) is 8.87. The number of carbonyl (C=O) groups is 1. The number of ether oxygens (including phenoxy) is 1. The zero-order valence-corrected chi connectivity index (χ0v) is 26.3. The lowest BCUT2D eigenvalue weighted by atomic mass is 9.87. The highest BCUT2D eigenvalue weighted by Gasteiger charge is 2.32. The number of hydrogen-bond donors (Lipinski definition) is 0. The topological polar surface area (TPSA) is 48.9 Å². The van der Waals surface area contributed by atoms with Crippen LogP contribution in [0.3, 0.4) is 0 Å². The molecule has 1 aliphatic rings. The Morgan fingerprint density at radius 3 is 1.96 bits per heavy atom. The molecule has 3 aromatic carbocycles. The molecule has 47 heavy (non-hydrogen) atoms. The minimum atomic E-state index is -4.83. The zero-order chi connectivity index (χ0) is 33.6. The molecule has 6 nitrogen and oxygen atoms in total. The first-order valence-corrected chi connectivity index (χ1v) is 15.6. The summed E-state index contributed by atoms with van der Waals surface area (Å²) < 4.78 is 69.6. The fourth-order valence-corrected chi connectivity index (χ4v) is 5.91. The van der Waals surface area contributed by atoms with Crippen LogP contribution < -0.4 is 9.64 Å². The van der Waals surface area contributed by atoms with Crippen LogP contribution in [0.15, 0.2) is 91.1 Å². The van der Waals surface area contributed by atoms with Crippen molar-refractivity contribution in [1.29, 1.82) is 0 Å². The Morgan fingerprint density at radius 2 is 1.43 bits per heavy atom. The van der Waals surface area contributed by atoms with Gasteiger partial charge in [0.25, 0.3) is 0 Å². The van der Waals surface area contributed by atoms with Crippen LogP contribution >= 0.6 is 0 Å². The largest absolute Gasteiger partial charge is 0.573 e. The van der Waals surface area contributed by atoms with Crippen molar-refractivity contribution in [3.05, 3.63) is 119 Å². The number of carbonyl (C=O) groups excluding carboxylic acids is 1. The number of urea groups is 1. The van der Waals surface area contributed by atoms with Gasteiger partial charge in [0.15, 0.2) is 0 Å². The first-order chi connectivity index (χ1) is 22.5. The maximum absolute atomic E-state index is 14.1. The Bertz CT molecular complexity index is 1560. The highest BCUT2D eigenvalue weighted by Crippen LogP contribution is 2.34. The summed E-state index contributed by atoms with van der Waals surface area (Å²) in [6, 6.07) is 21.4. The number of pyridine rings is 1. The molecule has 5 rings (SSSR count). The van der Waals surface area contributed by atoms with Crippen LogP contribution in [0.1, 0.15) is 55.2 Å². The van der Waals surface area contributed by atoms with E-state index in [1.807, 2.05) is 19.9 Å². The van der Waals surface area contributed by atoms with Gasteiger partial charge in [0.1, 0.15) is 23.2 Å². The number of alkyl halides is 3. The third-order valence-corrected chi connectivity index (χ3v) is 8.33. The minimum absolute atomic E-state index is 0.0194. The molecule has 248 valence electrons. The Labute approximate surface area is 271 Å². The molecule has 0 saturated carbocycles. The summed E-state index contributed by atoms with van der Waals surface area (Å²) in [5.74, 6) is -0.566. The molecule has 0 aliphatic carbocycles. The van der Waals surface area contributed by atoms with Crippen molar-refractivity contribution < 1.29 is 31.5 Å². The van der Waals surface area contributed by atoms with Crippen molar-refractivity contribution in [2.75, 3.05) is 37.6 Å². The molecule has 0 N–H and O–H groups in total. The van der Waals surface area contributed by atoms with Crippen LogP contribution in [0.5, 0.6) is 5.75 Å². The lowest BCUT2D eigenvalue weighted by Crippen LogP contribution is -2.52. The monoisotopic (exact) mass is 652 g/mol. The van der Waals surface area contributed by atoms with Crippen LogP contribution in [-0.2, 0) is 0 Å². The number of piperazine rings is 1. The van der Waals surface area contributed by atoms with Crippen molar-refractivity contribution in [2.24, 2.45) is 0 Å². The second-order valence-corrected chi connectivity index (χ2v) is 11.9. The number of rotatable bonds is 10. The fraction of sp³-hybridized carbons (Fsp3) is 0.333. The second-order valence-electron chi connectivity index (χ2n) is 11.9. The first kappa shape index (κ1) is 33.8. The van der Waals surface area contributed by atoms with Crippen molar-refractivity contribution >= 4 is 17.5 Å². The van der Waals surface area contributed by atoms with E-state index < -0.39 is 6.36 Å². The van der Waals surface area contributed by atoms with Crippen LogP contribution in [0.25, 0.3) is 0 Å². The van der Waals surface area contributed by atoms with Gasteiger partial charge in [-0.05, 0) is 96.6 Å². The molecule has 0 unspecified atom stereocenters. The van der Waals surface area contributed by atoms with Gasteiger partial charge in [0, 0.05) is 38.3 Å². The van der Waals surface area contributed by atoms with E-state index in [0.717, 1.165) is 36.1 Å². The Balaban J connectivity index is 1.26. The number of anilines is 2. The van der Waals surface area contributed by atoms with E-state index in [0.29, 0.717) is 37.7 Å². The van der Waals surface area contributed by atoms with Gasteiger partial charge in [-0.2, -0.15) is 0 Å². The van der Waals surface area contributed by atoms with E-state index >= 15 is 0 Å². The number of benzene rings is 3. The molecule has 1 aromatic heterocycles. The van der Waals surface area contributed by atoms with Crippen LogP contribution in [-0.4, -0.2) is 59.9 Å². The van der Waals surface area contributed by atoms with Crippen LogP contribution in [0.4, 0.5) is 38.3 Å². The lowest BCUT2D eigenvalue weighted by molar-refractivity contribution is -0.274. The number of nitrogens with zero attached hydrogens (tertiary/aromatic N) is 4. The third-order valence-electron chi connectivity index (χ3n) is 8.33. The molecule has 0 atom stereocenters. The first-order valence-electron chi connectivity index (χ1n) is 15.6. The molecule has 4 aromatic rings. The molecule has 11 heteroatoms. The van der Waals surface area contributed by atoms with E-state index in [2.05, 4.69) is 14.6 Å². The zero-order valence-electron chi connectivity index (χ0n) is 26.3. The second kappa shape index (κ2) is 14.9. The highest BCUT2D eigenvalue weighted by molar-refractivity contribution is 5.99. The van der Waals surface area contributed by atoms with Gasteiger partial charge in [-0.25, -0.2) is 23.5 Å². The number of halogens is 5. The van der Waals surface area contributed by atoms with Gasteiger partial charge in [-0.3, -0.25) is 4.90 Å². The van der Waals surface area contributed by atoms with Gasteiger partial charge in [0.05, 0.1) is 5.69 Å². The van der Waals surface area contributed by atoms with E-state index in [9.17, 15) is 26.7 Å². The smallest absolute Gasteiger partial charge is 0.406 e. The standard InChI is InChI=1S/C36H37F5N4O2/c1-25(2)32-5-3-19-42-34(32)45(30-15-17-31(18-16-30)47-36(39,40)41)35(46)44-23-21-43(22-24-44)20-4-6-33(26-7-11-28(37)12-8-26)27-9-13-29(38)14-10-27/h3,5,7-19,25,33H,4,6,20-24H2,1-2H3. The van der Waals surface area contributed by atoms with Crippen molar-refractivity contribution in [2.45, 2.75) is 44.9 Å². The molecule has 1 saturated heterocycles. The van der Waals surface area contributed by atoms with E-state index in [1.165, 1.54) is 53.4 Å². The Hall–Kier alpha value is -4.51. The van der Waals surface area contributed by atoms with E-state index in [1.54, 1.807) is 41.4 Å². The number of amides is 2. The highest BCUT2D eigenvalue weighted by atomic mass is 19.4.